The van der Waals surface area contributed by atoms with Gasteiger partial charge in [0.25, 0.3) is 0 Å². The maximum absolute atomic E-state index is 12.5. The lowest BCUT2D eigenvalue weighted by molar-refractivity contribution is 0.413. The van der Waals surface area contributed by atoms with Crippen LogP contribution >= 0.6 is 0 Å². The van der Waals surface area contributed by atoms with Crippen molar-refractivity contribution in [2.75, 3.05) is 7.11 Å². The number of aryl methyl sites for hydroxylation is 1. The van der Waals surface area contributed by atoms with E-state index in [0.29, 0.717) is 30.6 Å². The molecule has 1 aromatic carbocycles. The lowest BCUT2D eigenvalue weighted by Crippen LogP contribution is -2.31. The van der Waals surface area contributed by atoms with Crippen LogP contribution in [0.25, 0.3) is 0 Å². The molecule has 20 heavy (non-hydrogen) atoms. The summed E-state index contributed by atoms with van der Waals surface area (Å²) < 4.78 is 30.0. The maximum atomic E-state index is 12.5. The molecule has 1 rings (SSSR count). The van der Waals surface area contributed by atoms with E-state index in [2.05, 4.69) is 0 Å². The first-order valence-electron chi connectivity index (χ1n) is 6.50. The number of nitrogens with zero attached hydrogens (tertiary/aromatic N) is 1. The third-order valence-electron chi connectivity index (χ3n) is 3.05. The van der Waals surface area contributed by atoms with Gasteiger partial charge in [-0.15, -0.1) is 0 Å². The molecule has 0 heterocycles. The number of ether oxygens (including phenoxy) is 1. The lowest BCUT2D eigenvalue weighted by atomic mass is 10.1. The van der Waals surface area contributed by atoms with Crippen LogP contribution in [0.2, 0.25) is 0 Å². The summed E-state index contributed by atoms with van der Waals surface area (Å²) in [7, 11) is -2.06. The molecule has 6 heteroatoms. The van der Waals surface area contributed by atoms with Crippen molar-refractivity contribution in [3.05, 3.63) is 23.8 Å². The van der Waals surface area contributed by atoms with Gasteiger partial charge in [0.15, 0.2) is 9.84 Å². The van der Waals surface area contributed by atoms with E-state index in [1.807, 2.05) is 13.0 Å². The smallest absolute Gasteiger partial charge is 0.194 e. The quantitative estimate of drug-likeness (QED) is 0.830. The van der Waals surface area contributed by atoms with E-state index < -0.39 is 15.2 Å². The number of rotatable bonds is 7. The molecule has 0 amide bonds. The average Bonchev–Trinajstić information content (AvgIpc) is 2.44. The highest BCUT2D eigenvalue weighted by Crippen LogP contribution is 2.26. The van der Waals surface area contributed by atoms with Gasteiger partial charge >= 0.3 is 0 Å². The molecule has 110 valence electrons. The van der Waals surface area contributed by atoms with Gasteiger partial charge in [-0.05, 0) is 36.6 Å². The molecule has 2 N–H and O–H groups in total. The van der Waals surface area contributed by atoms with Gasteiger partial charge < -0.3 is 10.5 Å². The number of nitriles is 1. The molecule has 0 aliphatic rings. The normalized spacial score (nSPS) is 12.7. The van der Waals surface area contributed by atoms with Crippen molar-refractivity contribution in [3.63, 3.8) is 0 Å². The summed E-state index contributed by atoms with van der Waals surface area (Å²) in [5.41, 5.74) is 6.36. The van der Waals surface area contributed by atoms with E-state index in [1.165, 1.54) is 13.2 Å². The summed E-state index contributed by atoms with van der Waals surface area (Å²) in [4.78, 5) is 0.203. The van der Waals surface area contributed by atoms with E-state index in [4.69, 9.17) is 15.7 Å². The van der Waals surface area contributed by atoms with Gasteiger partial charge in [-0.25, -0.2) is 8.42 Å². The fraction of sp³-hybridized carbons (Fsp3) is 0.500. The highest BCUT2D eigenvalue weighted by molar-refractivity contribution is 7.92. The zero-order valence-electron chi connectivity index (χ0n) is 11.8. The van der Waals surface area contributed by atoms with E-state index in [0.717, 1.165) is 0 Å². The monoisotopic (exact) mass is 296 g/mol. The third-order valence-corrected chi connectivity index (χ3v) is 5.10. The van der Waals surface area contributed by atoms with Crippen molar-refractivity contribution in [3.8, 4) is 11.8 Å². The molecule has 1 atom stereocenters. The van der Waals surface area contributed by atoms with Crippen molar-refractivity contribution in [2.24, 2.45) is 5.73 Å². The van der Waals surface area contributed by atoms with E-state index in [9.17, 15) is 8.42 Å². The van der Waals surface area contributed by atoms with Gasteiger partial charge in [0.05, 0.1) is 18.1 Å². The summed E-state index contributed by atoms with van der Waals surface area (Å²) >= 11 is 0. The van der Waals surface area contributed by atoms with E-state index >= 15 is 0 Å². The number of benzene rings is 1. The molecular formula is C14H20N2O3S. The van der Waals surface area contributed by atoms with Gasteiger partial charge in [0.2, 0.25) is 0 Å². The second-order valence-electron chi connectivity index (χ2n) is 4.50. The Hall–Kier alpha value is -1.58. The van der Waals surface area contributed by atoms with Crippen LogP contribution in [-0.2, 0) is 16.3 Å². The SMILES string of the molecule is CCCC(N)S(=O)(=O)c1ccc(OC)cc1CCC#N. The third kappa shape index (κ3) is 3.71. The van der Waals surface area contributed by atoms with Crippen LogP contribution in [0.5, 0.6) is 5.75 Å². The fourth-order valence-electron chi connectivity index (χ4n) is 1.95. The number of hydrogen-bond donors (Lipinski definition) is 1. The minimum absolute atomic E-state index is 0.203. The topological polar surface area (TPSA) is 93.2 Å². The number of sulfone groups is 1. The molecule has 0 aliphatic heterocycles. The molecule has 0 aliphatic carbocycles. The van der Waals surface area contributed by atoms with Crippen LogP contribution in [0.3, 0.4) is 0 Å². The van der Waals surface area contributed by atoms with Gasteiger partial charge in [-0.3, -0.25) is 0 Å². The molecule has 0 fully saturated rings. The molecule has 0 bridgehead atoms. The van der Waals surface area contributed by atoms with Gasteiger partial charge in [0, 0.05) is 6.42 Å². The Labute approximate surface area is 120 Å². The first-order chi connectivity index (χ1) is 9.47. The minimum atomic E-state index is -3.57. The van der Waals surface area contributed by atoms with Crippen LogP contribution < -0.4 is 10.5 Å². The van der Waals surface area contributed by atoms with Gasteiger partial charge in [0.1, 0.15) is 11.1 Å². The lowest BCUT2D eigenvalue weighted by Gasteiger charge is -2.16. The summed E-state index contributed by atoms with van der Waals surface area (Å²) in [6.45, 7) is 1.89. The Morgan fingerprint density at radius 3 is 2.70 bits per heavy atom. The van der Waals surface area contributed by atoms with E-state index in [1.54, 1.807) is 12.1 Å². The van der Waals surface area contributed by atoms with Gasteiger partial charge in [-0.1, -0.05) is 13.3 Å². The van der Waals surface area contributed by atoms with Crippen LogP contribution in [0.1, 0.15) is 31.7 Å². The Morgan fingerprint density at radius 2 is 2.15 bits per heavy atom. The predicted molar refractivity (Wildman–Crippen MR) is 77.0 cm³/mol. The van der Waals surface area contributed by atoms with Crippen LogP contribution in [0.4, 0.5) is 0 Å². The number of nitrogens with two attached hydrogens (primary N) is 1. The van der Waals surface area contributed by atoms with Crippen molar-refractivity contribution in [1.29, 1.82) is 5.26 Å². The fourth-order valence-corrected chi connectivity index (χ4v) is 3.61. The van der Waals surface area contributed by atoms with Crippen molar-refractivity contribution in [1.82, 2.24) is 0 Å². The Balaban J connectivity index is 3.25. The summed E-state index contributed by atoms with van der Waals surface area (Å²) in [5, 5.41) is 7.77. The maximum Gasteiger partial charge on any atom is 0.194 e. The standard InChI is InChI=1S/C14H20N2O3S/c1-3-5-14(16)20(17,18)13-8-7-12(19-2)10-11(13)6-4-9-15/h7-8,10,14H,3-6,16H2,1-2H3. The Bertz CT molecular complexity index is 591. The van der Waals surface area contributed by atoms with Crippen molar-refractivity contribution in [2.45, 2.75) is 42.9 Å². The highest BCUT2D eigenvalue weighted by atomic mass is 32.2. The molecule has 0 radical (unpaired) electrons. The summed E-state index contributed by atoms with van der Waals surface area (Å²) in [6, 6.07) is 6.78. The second-order valence-corrected chi connectivity index (χ2v) is 6.64. The molecule has 1 aromatic rings. The van der Waals surface area contributed by atoms with E-state index in [-0.39, 0.29) is 11.3 Å². The Morgan fingerprint density at radius 1 is 1.45 bits per heavy atom. The molecule has 0 aromatic heterocycles. The summed E-state index contributed by atoms with van der Waals surface area (Å²) in [6.07, 6.45) is 1.72. The minimum Gasteiger partial charge on any atom is -0.497 e. The largest absolute Gasteiger partial charge is 0.497 e. The molecule has 5 nitrogen and oxygen atoms in total. The predicted octanol–water partition coefficient (Wildman–Crippen LogP) is 2.01. The summed E-state index contributed by atoms with van der Waals surface area (Å²) in [5.74, 6) is 0.570. The van der Waals surface area contributed by atoms with Crippen molar-refractivity contribution >= 4 is 9.84 Å². The highest BCUT2D eigenvalue weighted by Gasteiger charge is 2.25. The molecule has 1 unspecified atom stereocenters. The first kappa shape index (κ1) is 16.5. The van der Waals surface area contributed by atoms with Gasteiger partial charge in [-0.2, -0.15) is 5.26 Å². The first-order valence-corrected chi connectivity index (χ1v) is 8.05. The molecule has 0 spiro atoms. The molecule has 0 saturated carbocycles. The number of hydrogen-bond acceptors (Lipinski definition) is 5. The zero-order valence-corrected chi connectivity index (χ0v) is 12.6. The number of methoxy groups -OCH3 is 1. The Kier molecular flexibility index (Phi) is 5.99. The van der Waals surface area contributed by atoms with Crippen LogP contribution in [-0.4, -0.2) is 20.9 Å². The second kappa shape index (κ2) is 7.27. The van der Waals surface area contributed by atoms with Crippen molar-refractivity contribution < 1.29 is 13.2 Å². The molecular weight excluding hydrogens is 276 g/mol. The zero-order chi connectivity index (χ0) is 15.2. The average molecular weight is 296 g/mol. The van der Waals surface area contributed by atoms with Crippen LogP contribution in [0, 0.1) is 11.3 Å². The van der Waals surface area contributed by atoms with Crippen LogP contribution in [0.15, 0.2) is 23.1 Å². The molecule has 0 saturated heterocycles.